The van der Waals surface area contributed by atoms with Crippen molar-refractivity contribution in [3.8, 4) is 0 Å². The molecule has 102 valence electrons. The number of hydrogen-bond acceptors (Lipinski definition) is 3. The minimum absolute atomic E-state index is 0.158. The molecule has 0 atom stereocenters. The minimum Gasteiger partial charge on any atom is -0.321 e. The van der Waals surface area contributed by atoms with Crippen molar-refractivity contribution in [1.29, 1.82) is 0 Å². The van der Waals surface area contributed by atoms with Gasteiger partial charge in [-0.2, -0.15) is 0 Å². The van der Waals surface area contributed by atoms with E-state index in [1.165, 1.54) is 24.3 Å². The van der Waals surface area contributed by atoms with E-state index in [4.69, 9.17) is 23.2 Å². The van der Waals surface area contributed by atoms with Crippen LogP contribution in [0.15, 0.2) is 42.5 Å². The van der Waals surface area contributed by atoms with Crippen LogP contribution in [0, 0.1) is 10.1 Å². The third-order valence-corrected chi connectivity index (χ3v) is 3.34. The van der Waals surface area contributed by atoms with E-state index in [1.54, 1.807) is 18.2 Å². The number of amides is 1. The average Bonchev–Trinajstić information content (AvgIpc) is 2.44. The summed E-state index contributed by atoms with van der Waals surface area (Å²) < 4.78 is 0. The summed E-state index contributed by atoms with van der Waals surface area (Å²) in [6.45, 7) is 0. The van der Waals surface area contributed by atoms with Gasteiger partial charge >= 0.3 is 0 Å². The topological polar surface area (TPSA) is 72.2 Å². The molecule has 0 saturated heterocycles. The normalized spacial score (nSPS) is 10.1. The molecular formula is C13H8Cl2N2O3. The van der Waals surface area contributed by atoms with Crippen molar-refractivity contribution in [1.82, 2.24) is 0 Å². The average molecular weight is 311 g/mol. The first-order valence-corrected chi connectivity index (χ1v) is 6.24. The molecule has 0 heterocycles. The largest absolute Gasteiger partial charge is 0.321 e. The number of carbonyl (C=O) groups excluding carboxylic acids is 1. The Morgan fingerprint density at radius 3 is 2.55 bits per heavy atom. The molecule has 0 unspecified atom stereocenters. The molecule has 0 aromatic heterocycles. The highest BCUT2D eigenvalue weighted by molar-refractivity contribution is 6.44. The first kappa shape index (κ1) is 14.3. The Labute approximate surface area is 124 Å². The molecule has 0 aliphatic heterocycles. The van der Waals surface area contributed by atoms with E-state index in [-0.39, 0.29) is 16.3 Å². The first-order valence-electron chi connectivity index (χ1n) is 5.49. The maximum Gasteiger partial charge on any atom is 0.270 e. The lowest BCUT2D eigenvalue weighted by molar-refractivity contribution is -0.384. The van der Waals surface area contributed by atoms with Crippen LogP contribution >= 0.6 is 23.2 Å². The first-order chi connectivity index (χ1) is 9.49. The standard InChI is InChI=1S/C13H8Cl2N2O3/c14-10-5-2-6-11(12(10)15)16-13(18)8-3-1-4-9(7-8)17(19)20/h1-7H,(H,16,18). The predicted octanol–water partition coefficient (Wildman–Crippen LogP) is 4.15. The van der Waals surface area contributed by atoms with Crippen molar-refractivity contribution < 1.29 is 9.72 Å². The highest BCUT2D eigenvalue weighted by Crippen LogP contribution is 2.29. The predicted molar refractivity (Wildman–Crippen MR) is 77.5 cm³/mol. The summed E-state index contributed by atoms with van der Waals surface area (Å²) in [4.78, 5) is 22.1. The SMILES string of the molecule is O=C(Nc1cccc(Cl)c1Cl)c1cccc([N+](=O)[O-])c1. The van der Waals surface area contributed by atoms with E-state index in [0.717, 1.165) is 0 Å². The second-order valence-corrected chi connectivity index (χ2v) is 4.65. The van der Waals surface area contributed by atoms with Crippen LogP contribution in [0.4, 0.5) is 11.4 Å². The Bertz CT molecular complexity index is 689. The number of nitro benzene ring substituents is 1. The summed E-state index contributed by atoms with van der Waals surface area (Å²) in [7, 11) is 0. The third kappa shape index (κ3) is 3.07. The van der Waals surface area contributed by atoms with Crippen molar-refractivity contribution in [3.63, 3.8) is 0 Å². The molecule has 0 aliphatic rings. The fourth-order valence-corrected chi connectivity index (χ4v) is 1.90. The smallest absolute Gasteiger partial charge is 0.270 e. The van der Waals surface area contributed by atoms with Crippen molar-refractivity contribution in [3.05, 3.63) is 68.2 Å². The maximum atomic E-state index is 12.0. The number of carbonyl (C=O) groups is 1. The Balaban J connectivity index is 2.26. The number of non-ortho nitro benzene ring substituents is 1. The van der Waals surface area contributed by atoms with Gasteiger partial charge in [0.25, 0.3) is 11.6 Å². The molecule has 0 spiro atoms. The molecule has 2 aromatic rings. The highest BCUT2D eigenvalue weighted by Gasteiger charge is 2.13. The van der Waals surface area contributed by atoms with Crippen molar-refractivity contribution in [2.24, 2.45) is 0 Å². The van der Waals surface area contributed by atoms with Gasteiger partial charge in [-0.15, -0.1) is 0 Å². The molecule has 0 saturated carbocycles. The van der Waals surface area contributed by atoms with E-state index in [1.807, 2.05) is 0 Å². The molecule has 1 N–H and O–H groups in total. The molecular weight excluding hydrogens is 303 g/mol. The van der Waals surface area contributed by atoms with Crippen molar-refractivity contribution in [2.75, 3.05) is 5.32 Å². The second-order valence-electron chi connectivity index (χ2n) is 3.86. The summed E-state index contributed by atoms with van der Waals surface area (Å²) in [6, 6.07) is 10.2. The Morgan fingerprint density at radius 1 is 1.15 bits per heavy atom. The fraction of sp³-hybridized carbons (Fsp3) is 0. The number of halogens is 2. The molecule has 0 radical (unpaired) electrons. The van der Waals surface area contributed by atoms with E-state index in [2.05, 4.69) is 5.32 Å². The van der Waals surface area contributed by atoms with Gasteiger partial charge in [0, 0.05) is 17.7 Å². The molecule has 0 fully saturated rings. The fourth-order valence-electron chi connectivity index (χ4n) is 1.56. The molecule has 7 heteroatoms. The van der Waals surface area contributed by atoms with Crippen LogP contribution in [0.5, 0.6) is 0 Å². The van der Waals surface area contributed by atoms with E-state index >= 15 is 0 Å². The van der Waals surface area contributed by atoms with Crippen LogP contribution in [0.3, 0.4) is 0 Å². The van der Waals surface area contributed by atoms with Crippen LogP contribution < -0.4 is 5.32 Å². The minimum atomic E-state index is -0.566. The van der Waals surface area contributed by atoms with Crippen LogP contribution in [0.1, 0.15) is 10.4 Å². The molecule has 2 aromatic carbocycles. The zero-order chi connectivity index (χ0) is 14.7. The van der Waals surface area contributed by atoms with Crippen LogP contribution in [0.2, 0.25) is 10.0 Å². The van der Waals surface area contributed by atoms with Crippen LogP contribution in [0.25, 0.3) is 0 Å². The second kappa shape index (κ2) is 5.90. The van der Waals surface area contributed by atoms with Crippen LogP contribution in [-0.4, -0.2) is 10.8 Å². The zero-order valence-electron chi connectivity index (χ0n) is 9.97. The number of nitro groups is 1. The Morgan fingerprint density at radius 2 is 1.85 bits per heavy atom. The van der Waals surface area contributed by atoms with Gasteiger partial charge in [0.15, 0.2) is 0 Å². The number of hydrogen-bond donors (Lipinski definition) is 1. The molecule has 1 amide bonds. The number of nitrogens with zero attached hydrogens (tertiary/aromatic N) is 1. The molecule has 5 nitrogen and oxygen atoms in total. The quantitative estimate of drug-likeness (QED) is 0.683. The van der Waals surface area contributed by atoms with Gasteiger partial charge in [-0.25, -0.2) is 0 Å². The van der Waals surface area contributed by atoms with Gasteiger partial charge in [-0.3, -0.25) is 14.9 Å². The molecule has 0 aliphatic carbocycles. The van der Waals surface area contributed by atoms with E-state index in [9.17, 15) is 14.9 Å². The van der Waals surface area contributed by atoms with Gasteiger partial charge < -0.3 is 5.32 Å². The monoisotopic (exact) mass is 310 g/mol. The summed E-state index contributed by atoms with van der Waals surface area (Å²) in [5, 5.41) is 13.7. The zero-order valence-corrected chi connectivity index (χ0v) is 11.5. The van der Waals surface area contributed by atoms with Gasteiger partial charge in [-0.05, 0) is 18.2 Å². The lowest BCUT2D eigenvalue weighted by Crippen LogP contribution is -2.12. The van der Waals surface area contributed by atoms with Gasteiger partial charge in [0.2, 0.25) is 0 Å². The van der Waals surface area contributed by atoms with Gasteiger partial charge in [-0.1, -0.05) is 35.3 Å². The lowest BCUT2D eigenvalue weighted by Gasteiger charge is -2.08. The highest BCUT2D eigenvalue weighted by atomic mass is 35.5. The number of benzene rings is 2. The van der Waals surface area contributed by atoms with E-state index < -0.39 is 10.8 Å². The summed E-state index contributed by atoms with van der Waals surface area (Å²) in [6.07, 6.45) is 0. The lowest BCUT2D eigenvalue weighted by atomic mass is 10.2. The third-order valence-electron chi connectivity index (χ3n) is 2.52. The molecule has 2 rings (SSSR count). The number of rotatable bonds is 3. The van der Waals surface area contributed by atoms with Gasteiger partial charge in [0.05, 0.1) is 20.7 Å². The van der Waals surface area contributed by atoms with Gasteiger partial charge in [0.1, 0.15) is 0 Å². The molecule has 20 heavy (non-hydrogen) atoms. The van der Waals surface area contributed by atoms with Crippen molar-refractivity contribution in [2.45, 2.75) is 0 Å². The summed E-state index contributed by atoms with van der Waals surface area (Å²) in [5.41, 5.74) is 0.348. The molecule has 0 bridgehead atoms. The maximum absolute atomic E-state index is 12.0. The Kier molecular flexibility index (Phi) is 4.22. The number of anilines is 1. The summed E-state index contributed by atoms with van der Waals surface area (Å²) >= 11 is 11.8. The summed E-state index contributed by atoms with van der Waals surface area (Å²) in [5.74, 6) is -0.502. The Hall–Kier alpha value is -2.11. The van der Waals surface area contributed by atoms with Crippen molar-refractivity contribution >= 4 is 40.5 Å². The van der Waals surface area contributed by atoms with E-state index in [0.29, 0.717) is 10.7 Å². The number of nitrogens with one attached hydrogen (secondary N) is 1. The van der Waals surface area contributed by atoms with Crippen LogP contribution in [-0.2, 0) is 0 Å².